The second kappa shape index (κ2) is 12.8. The molecule has 192 valence electrons. The molecule has 4 rings (SSSR count). The molecular weight excluding hydrogens is 474 g/mol. The number of anilines is 1. The van der Waals surface area contributed by atoms with Crippen molar-refractivity contribution in [3.8, 4) is 0 Å². The standard InChI is InChI=1S/C25H34F2N4O3S/c1-35(33)15-9-7-5-3-2-4-6-8-14-34-24(23(19-28)30-10-12-31(35)13-11-30)25(32)29-22-17-20(26)16-21(27)18-22/h9,15-19,28H,1-8,10-14H2,(H,29,32)/b15-9+,24-23-,28-19?. The van der Waals surface area contributed by atoms with E-state index >= 15 is 0 Å². The van der Waals surface area contributed by atoms with Crippen molar-refractivity contribution in [2.24, 2.45) is 0 Å². The molecular formula is C25H34F2N4O3S. The highest BCUT2D eigenvalue weighted by Gasteiger charge is 2.27. The third-order valence-corrected chi connectivity index (χ3v) is 7.89. The number of rotatable bonds is 3. The van der Waals surface area contributed by atoms with E-state index in [4.69, 9.17) is 10.1 Å². The first-order valence-corrected chi connectivity index (χ1v) is 13.7. The van der Waals surface area contributed by atoms with Crippen molar-refractivity contribution in [2.45, 2.75) is 44.9 Å². The van der Waals surface area contributed by atoms with Crippen LogP contribution in [0, 0.1) is 17.0 Å². The average molecular weight is 509 g/mol. The van der Waals surface area contributed by atoms with Gasteiger partial charge in [-0.05, 0) is 37.3 Å². The summed E-state index contributed by atoms with van der Waals surface area (Å²) in [6.45, 7) is 1.99. The van der Waals surface area contributed by atoms with E-state index in [9.17, 15) is 17.8 Å². The first-order chi connectivity index (χ1) is 16.8. The summed E-state index contributed by atoms with van der Waals surface area (Å²) in [5.74, 6) is 1.54. The van der Waals surface area contributed by atoms with Crippen molar-refractivity contribution in [2.75, 3.05) is 38.1 Å². The van der Waals surface area contributed by atoms with Gasteiger partial charge in [-0.25, -0.2) is 17.3 Å². The number of carbonyl (C=O) groups excluding carboxylic acids is 1. The van der Waals surface area contributed by atoms with Gasteiger partial charge in [0.25, 0.3) is 5.91 Å². The van der Waals surface area contributed by atoms with Crippen LogP contribution >= 0.6 is 0 Å². The summed E-state index contributed by atoms with van der Waals surface area (Å²) in [7, 11) is -2.55. The quantitative estimate of drug-likeness (QED) is 0.471. The molecule has 1 amide bonds. The zero-order chi connectivity index (χ0) is 25.3. The van der Waals surface area contributed by atoms with Gasteiger partial charge in [-0.3, -0.25) is 4.79 Å². The molecule has 1 fully saturated rings. The summed E-state index contributed by atoms with van der Waals surface area (Å²) < 4.78 is 48.0. The van der Waals surface area contributed by atoms with Crippen molar-refractivity contribution >= 4 is 33.4 Å². The van der Waals surface area contributed by atoms with E-state index in [-0.39, 0.29) is 23.8 Å². The molecule has 2 N–H and O–H groups in total. The summed E-state index contributed by atoms with van der Waals surface area (Å²) in [6.07, 6.45) is 9.79. The predicted molar refractivity (Wildman–Crippen MR) is 137 cm³/mol. The number of ether oxygens (including phenoxy) is 1. The average Bonchev–Trinajstić information content (AvgIpc) is 2.80. The van der Waals surface area contributed by atoms with Gasteiger partial charge in [0.2, 0.25) is 5.76 Å². The zero-order valence-corrected chi connectivity index (χ0v) is 20.8. The van der Waals surface area contributed by atoms with Gasteiger partial charge in [0.15, 0.2) is 0 Å². The van der Waals surface area contributed by atoms with Crippen LogP contribution in [0.15, 0.2) is 41.1 Å². The lowest BCUT2D eigenvalue weighted by Crippen LogP contribution is -2.48. The van der Waals surface area contributed by atoms with Crippen molar-refractivity contribution < 1.29 is 22.5 Å². The lowest BCUT2D eigenvalue weighted by atomic mass is 10.1. The van der Waals surface area contributed by atoms with Crippen LogP contribution in [0.3, 0.4) is 0 Å². The minimum Gasteiger partial charge on any atom is -0.486 e. The van der Waals surface area contributed by atoms with E-state index in [1.807, 2.05) is 15.3 Å². The van der Waals surface area contributed by atoms with Crippen molar-refractivity contribution in [3.05, 3.63) is 52.8 Å². The SMILES string of the molecule is C=S1(=O)/C=C/CCCCCCCCO/C(C(=O)Nc2cc(F)cc(F)c2)=C(/C=N)N2CCN1CC2. The summed E-state index contributed by atoms with van der Waals surface area (Å²) in [5.41, 5.74) is 0.229. The fourth-order valence-electron chi connectivity index (χ4n) is 4.16. The first kappa shape index (κ1) is 26.9. The fraction of sp³-hybridized carbons (Fsp3) is 0.480. The van der Waals surface area contributed by atoms with Crippen LogP contribution < -0.4 is 5.32 Å². The third kappa shape index (κ3) is 7.90. The van der Waals surface area contributed by atoms with Crippen molar-refractivity contribution in [1.82, 2.24) is 9.21 Å². The van der Waals surface area contributed by atoms with Gasteiger partial charge in [0.05, 0.1) is 6.61 Å². The number of nitrogens with one attached hydrogen (secondary N) is 2. The number of hydrogen-bond acceptors (Lipinski definition) is 5. The summed E-state index contributed by atoms with van der Waals surface area (Å²) in [5, 5.41) is 12.2. The van der Waals surface area contributed by atoms with Crippen LogP contribution in [-0.2, 0) is 19.2 Å². The summed E-state index contributed by atoms with van der Waals surface area (Å²) >= 11 is 0. The maximum atomic E-state index is 13.6. The highest BCUT2D eigenvalue weighted by Crippen LogP contribution is 2.20. The Bertz CT molecular complexity index is 1040. The molecule has 2 bridgehead atoms. The number of amides is 1. The van der Waals surface area contributed by atoms with Crippen LogP contribution in [0.2, 0.25) is 0 Å². The Morgan fingerprint density at radius 2 is 1.66 bits per heavy atom. The zero-order valence-electron chi connectivity index (χ0n) is 19.9. The number of carbonyl (C=O) groups is 1. The topological polar surface area (TPSA) is 85.7 Å². The minimum absolute atomic E-state index is 0.0409. The lowest BCUT2D eigenvalue weighted by molar-refractivity contribution is -0.116. The molecule has 3 aliphatic heterocycles. The molecule has 0 saturated carbocycles. The number of allylic oxidation sites excluding steroid dienone is 2. The van der Waals surface area contributed by atoms with Crippen molar-refractivity contribution in [3.63, 3.8) is 0 Å². The largest absolute Gasteiger partial charge is 0.486 e. The van der Waals surface area contributed by atoms with Crippen LogP contribution in [0.1, 0.15) is 44.9 Å². The number of nitrogens with zero attached hydrogens (tertiary/aromatic N) is 2. The Morgan fingerprint density at radius 1 is 1.03 bits per heavy atom. The summed E-state index contributed by atoms with van der Waals surface area (Å²) in [4.78, 5) is 14.9. The van der Waals surface area contributed by atoms with E-state index in [2.05, 4.69) is 11.2 Å². The molecule has 3 heterocycles. The Hall–Kier alpha value is -2.72. The molecule has 7 nitrogen and oxygen atoms in total. The molecule has 10 heteroatoms. The molecule has 1 saturated heterocycles. The molecule has 35 heavy (non-hydrogen) atoms. The van der Waals surface area contributed by atoms with Gasteiger partial charge in [-0.2, -0.15) is 0 Å². The van der Waals surface area contributed by atoms with Gasteiger partial charge < -0.3 is 20.4 Å². The predicted octanol–water partition coefficient (Wildman–Crippen LogP) is 4.29. The number of halogens is 2. The van der Waals surface area contributed by atoms with Crippen molar-refractivity contribution in [1.29, 1.82) is 5.41 Å². The van der Waals surface area contributed by atoms with Gasteiger partial charge in [-0.1, -0.05) is 31.8 Å². The van der Waals surface area contributed by atoms with Gasteiger partial charge in [-0.15, -0.1) is 0 Å². The van der Waals surface area contributed by atoms with Gasteiger partial charge in [0, 0.05) is 59.3 Å². The monoisotopic (exact) mass is 508 g/mol. The number of piperazine rings is 1. The minimum atomic E-state index is -2.55. The first-order valence-electron chi connectivity index (χ1n) is 12.0. The summed E-state index contributed by atoms with van der Waals surface area (Å²) in [6, 6.07) is 2.76. The van der Waals surface area contributed by atoms with Crippen LogP contribution in [0.5, 0.6) is 0 Å². The maximum absolute atomic E-state index is 13.6. The molecule has 1 unspecified atom stereocenters. The van der Waals surface area contributed by atoms with E-state index in [0.29, 0.717) is 26.2 Å². The third-order valence-electron chi connectivity index (χ3n) is 6.03. The van der Waals surface area contributed by atoms with Gasteiger partial charge in [0.1, 0.15) is 17.3 Å². The molecule has 0 aliphatic carbocycles. The normalized spacial score (nSPS) is 27.8. The second-order valence-electron chi connectivity index (χ2n) is 8.71. The number of hydrogen-bond donors (Lipinski definition) is 2. The van der Waals surface area contributed by atoms with Crippen LogP contribution in [0.25, 0.3) is 0 Å². The molecule has 1 aromatic rings. The molecule has 0 spiro atoms. The Balaban J connectivity index is 1.85. The Morgan fingerprint density at radius 3 is 2.31 bits per heavy atom. The second-order valence-corrected chi connectivity index (χ2v) is 10.9. The Kier molecular flexibility index (Phi) is 9.85. The fourth-order valence-corrected chi connectivity index (χ4v) is 5.55. The van der Waals surface area contributed by atoms with Gasteiger partial charge >= 0.3 is 0 Å². The van der Waals surface area contributed by atoms with E-state index < -0.39 is 27.2 Å². The number of benzene rings is 1. The molecule has 1 atom stereocenters. The number of fused-ring (bicyclic) bond motifs is 13. The highest BCUT2D eigenvalue weighted by molar-refractivity contribution is 8.00. The Labute approximate surface area is 206 Å². The van der Waals surface area contributed by atoms with E-state index in [0.717, 1.165) is 69.4 Å². The van der Waals surface area contributed by atoms with Crippen LogP contribution in [0.4, 0.5) is 14.5 Å². The lowest BCUT2D eigenvalue weighted by Gasteiger charge is -2.37. The van der Waals surface area contributed by atoms with E-state index in [1.54, 1.807) is 5.41 Å². The molecule has 3 aliphatic rings. The van der Waals surface area contributed by atoms with E-state index in [1.165, 1.54) is 0 Å². The smallest absolute Gasteiger partial charge is 0.293 e. The molecule has 0 radical (unpaired) electrons. The highest BCUT2D eigenvalue weighted by atomic mass is 32.2. The molecule has 0 aromatic heterocycles. The van der Waals surface area contributed by atoms with Crippen LogP contribution in [-0.4, -0.2) is 64.2 Å². The molecule has 1 aromatic carbocycles. The maximum Gasteiger partial charge on any atom is 0.293 e.